The Hall–Kier alpha value is -3.00. The highest BCUT2D eigenvalue weighted by molar-refractivity contribution is 7.22. The number of anilines is 2. The van der Waals surface area contributed by atoms with Crippen LogP contribution in [-0.2, 0) is 6.42 Å². The molecule has 8 heteroatoms. The van der Waals surface area contributed by atoms with Crippen LogP contribution >= 0.6 is 11.3 Å². The van der Waals surface area contributed by atoms with Crippen LogP contribution in [0.2, 0.25) is 0 Å². The molecule has 1 amide bonds. The highest BCUT2D eigenvalue weighted by Gasteiger charge is 2.13. The van der Waals surface area contributed by atoms with Crippen molar-refractivity contribution < 1.29 is 4.79 Å². The van der Waals surface area contributed by atoms with Crippen molar-refractivity contribution in [3.8, 4) is 0 Å². The van der Waals surface area contributed by atoms with Crippen molar-refractivity contribution in [1.82, 2.24) is 20.4 Å². The number of hydrogen-bond acceptors (Lipinski definition) is 6. The quantitative estimate of drug-likeness (QED) is 0.500. The first-order chi connectivity index (χ1) is 12.5. The van der Waals surface area contributed by atoms with Crippen LogP contribution < -0.4 is 11.1 Å². The third kappa shape index (κ3) is 2.99. The van der Waals surface area contributed by atoms with Crippen LogP contribution in [0.4, 0.5) is 10.8 Å². The lowest BCUT2D eigenvalue weighted by molar-refractivity contribution is 0.100. The van der Waals surface area contributed by atoms with Crippen molar-refractivity contribution in [2.24, 2.45) is 11.7 Å². The maximum absolute atomic E-state index is 11.6. The Balaban J connectivity index is 1.76. The van der Waals surface area contributed by atoms with E-state index in [0.717, 1.165) is 44.1 Å². The number of nitrogens with zero attached hydrogens (tertiary/aromatic N) is 3. The predicted octanol–water partition coefficient (Wildman–Crippen LogP) is 3.61. The molecule has 0 bridgehead atoms. The molecule has 0 saturated carbocycles. The average molecular weight is 366 g/mol. The first-order valence-corrected chi connectivity index (χ1v) is 9.13. The first-order valence-electron chi connectivity index (χ1n) is 8.31. The summed E-state index contributed by atoms with van der Waals surface area (Å²) in [5, 5.41) is 14.9. The molecule has 0 saturated heterocycles. The Morgan fingerprint density at radius 1 is 1.27 bits per heavy atom. The van der Waals surface area contributed by atoms with Gasteiger partial charge < -0.3 is 11.1 Å². The molecule has 2 aromatic carbocycles. The lowest BCUT2D eigenvalue weighted by atomic mass is 9.99. The van der Waals surface area contributed by atoms with Crippen LogP contribution in [0.3, 0.4) is 0 Å². The van der Waals surface area contributed by atoms with E-state index >= 15 is 0 Å². The second-order valence-corrected chi connectivity index (χ2v) is 7.63. The van der Waals surface area contributed by atoms with E-state index in [4.69, 9.17) is 5.73 Å². The van der Waals surface area contributed by atoms with Crippen molar-refractivity contribution in [1.29, 1.82) is 0 Å². The summed E-state index contributed by atoms with van der Waals surface area (Å²) in [4.78, 5) is 16.2. The van der Waals surface area contributed by atoms with Crippen LogP contribution in [-0.4, -0.2) is 26.3 Å². The number of primary amides is 1. The number of thiazole rings is 1. The van der Waals surface area contributed by atoms with Gasteiger partial charge in [0.1, 0.15) is 11.0 Å². The van der Waals surface area contributed by atoms with E-state index in [-0.39, 0.29) is 0 Å². The zero-order chi connectivity index (χ0) is 18.3. The predicted molar refractivity (Wildman–Crippen MR) is 104 cm³/mol. The average Bonchev–Trinajstić information content (AvgIpc) is 3.21. The summed E-state index contributed by atoms with van der Waals surface area (Å²) in [6.45, 7) is 4.32. The van der Waals surface area contributed by atoms with Crippen molar-refractivity contribution >= 4 is 49.3 Å². The molecule has 4 aromatic rings. The van der Waals surface area contributed by atoms with E-state index in [0.29, 0.717) is 11.5 Å². The Morgan fingerprint density at radius 3 is 2.88 bits per heavy atom. The van der Waals surface area contributed by atoms with Gasteiger partial charge in [-0.05, 0) is 42.2 Å². The lowest BCUT2D eigenvalue weighted by Crippen LogP contribution is -2.12. The van der Waals surface area contributed by atoms with Gasteiger partial charge in [-0.1, -0.05) is 36.5 Å². The molecular weight excluding hydrogens is 348 g/mol. The number of rotatable bonds is 5. The molecular formula is C18H18N6OS. The zero-order valence-corrected chi connectivity index (χ0v) is 15.2. The van der Waals surface area contributed by atoms with Crippen molar-refractivity contribution in [3.05, 3.63) is 41.5 Å². The molecule has 0 fully saturated rings. The van der Waals surface area contributed by atoms with Crippen LogP contribution in [0.15, 0.2) is 30.3 Å². The third-order valence-electron chi connectivity index (χ3n) is 4.12. The van der Waals surface area contributed by atoms with Gasteiger partial charge in [0.2, 0.25) is 5.91 Å². The molecule has 132 valence electrons. The van der Waals surface area contributed by atoms with Gasteiger partial charge in [0.15, 0.2) is 5.13 Å². The molecule has 2 heterocycles. The molecule has 0 aliphatic heterocycles. The number of fused-ring (bicyclic) bond motifs is 3. The van der Waals surface area contributed by atoms with Crippen LogP contribution in [0.1, 0.15) is 29.8 Å². The van der Waals surface area contributed by atoms with E-state index in [9.17, 15) is 4.79 Å². The molecule has 0 spiro atoms. The number of nitrogens with one attached hydrogen (secondary N) is 2. The molecule has 7 nitrogen and oxygen atoms in total. The molecule has 0 radical (unpaired) electrons. The van der Waals surface area contributed by atoms with Gasteiger partial charge in [-0.3, -0.25) is 9.89 Å². The Labute approximate surface area is 153 Å². The highest BCUT2D eigenvalue weighted by Crippen LogP contribution is 2.33. The fraction of sp³-hybridized carbons (Fsp3) is 0.222. The SMILES string of the molecule is CC(C)Cc1ccc(C(N)=O)cc1Nc1nc2c(ccc3[nH]nnc32)s1. The van der Waals surface area contributed by atoms with E-state index in [1.807, 2.05) is 18.2 Å². The summed E-state index contributed by atoms with van der Waals surface area (Å²) < 4.78 is 1.02. The fourth-order valence-electron chi connectivity index (χ4n) is 2.93. The van der Waals surface area contributed by atoms with Crippen molar-refractivity contribution in [2.75, 3.05) is 5.32 Å². The maximum atomic E-state index is 11.6. The summed E-state index contributed by atoms with van der Waals surface area (Å²) in [7, 11) is 0. The second-order valence-electron chi connectivity index (χ2n) is 6.60. The number of aromatic amines is 1. The standard InChI is InChI=1S/C18H18N6OS/c1-9(2)7-10-3-4-11(17(19)25)8-13(10)20-18-21-16-14(26-18)6-5-12-15(16)23-24-22-12/h3-6,8-9H,7H2,1-2H3,(H2,19,25)(H,20,21)(H,22,23,24). The van der Waals surface area contributed by atoms with Gasteiger partial charge in [0.05, 0.1) is 10.2 Å². The van der Waals surface area contributed by atoms with Crippen LogP contribution in [0.5, 0.6) is 0 Å². The molecule has 4 N–H and O–H groups in total. The second kappa shape index (κ2) is 6.38. The van der Waals surface area contributed by atoms with E-state index in [1.165, 1.54) is 11.3 Å². The Morgan fingerprint density at radius 2 is 2.12 bits per heavy atom. The van der Waals surface area contributed by atoms with Gasteiger partial charge in [0, 0.05) is 11.3 Å². The Bertz CT molecular complexity index is 1110. The maximum Gasteiger partial charge on any atom is 0.248 e. The number of hydrogen-bond donors (Lipinski definition) is 3. The molecule has 4 rings (SSSR count). The first kappa shape index (κ1) is 16.5. The van der Waals surface area contributed by atoms with Crippen LogP contribution in [0, 0.1) is 5.92 Å². The topological polar surface area (TPSA) is 110 Å². The largest absolute Gasteiger partial charge is 0.366 e. The van der Waals surface area contributed by atoms with Gasteiger partial charge in [-0.25, -0.2) is 4.98 Å². The van der Waals surface area contributed by atoms with Crippen molar-refractivity contribution in [3.63, 3.8) is 0 Å². The minimum absolute atomic E-state index is 0.447. The zero-order valence-electron chi connectivity index (χ0n) is 14.4. The lowest BCUT2D eigenvalue weighted by Gasteiger charge is -2.13. The molecule has 26 heavy (non-hydrogen) atoms. The van der Waals surface area contributed by atoms with Gasteiger partial charge in [0.25, 0.3) is 0 Å². The number of amides is 1. The monoisotopic (exact) mass is 366 g/mol. The number of carbonyl (C=O) groups excluding carboxylic acids is 1. The molecule has 2 aromatic heterocycles. The molecule has 0 aliphatic rings. The van der Waals surface area contributed by atoms with Gasteiger partial charge in [-0.15, -0.1) is 5.10 Å². The number of nitrogens with two attached hydrogens (primary N) is 1. The molecule has 0 aliphatic carbocycles. The van der Waals surface area contributed by atoms with E-state index < -0.39 is 5.91 Å². The number of aromatic nitrogens is 4. The number of carbonyl (C=O) groups is 1. The molecule has 0 unspecified atom stereocenters. The summed E-state index contributed by atoms with van der Waals surface area (Å²) in [5.74, 6) is 0.0397. The number of benzene rings is 2. The van der Waals surface area contributed by atoms with Crippen LogP contribution in [0.25, 0.3) is 21.3 Å². The summed E-state index contributed by atoms with van der Waals surface area (Å²) >= 11 is 1.53. The van der Waals surface area contributed by atoms with Crippen molar-refractivity contribution in [2.45, 2.75) is 20.3 Å². The number of H-pyrrole nitrogens is 1. The normalized spacial score (nSPS) is 11.5. The Kier molecular flexibility index (Phi) is 4.04. The smallest absolute Gasteiger partial charge is 0.248 e. The minimum atomic E-state index is -0.447. The summed E-state index contributed by atoms with van der Waals surface area (Å²) in [5.41, 5.74) is 10.3. The van der Waals surface area contributed by atoms with Gasteiger partial charge >= 0.3 is 0 Å². The third-order valence-corrected chi connectivity index (χ3v) is 5.05. The molecule has 0 atom stereocenters. The summed E-state index contributed by atoms with van der Waals surface area (Å²) in [6.07, 6.45) is 0.889. The fourth-order valence-corrected chi connectivity index (χ4v) is 3.81. The van der Waals surface area contributed by atoms with E-state index in [2.05, 4.69) is 39.6 Å². The van der Waals surface area contributed by atoms with E-state index in [1.54, 1.807) is 12.1 Å². The van der Waals surface area contributed by atoms with Gasteiger partial charge in [-0.2, -0.15) is 0 Å². The highest BCUT2D eigenvalue weighted by atomic mass is 32.1. The minimum Gasteiger partial charge on any atom is -0.366 e. The summed E-state index contributed by atoms with van der Waals surface area (Å²) in [6, 6.07) is 9.44.